The summed E-state index contributed by atoms with van der Waals surface area (Å²) in [5.41, 5.74) is 0. The van der Waals surface area contributed by atoms with E-state index in [0.29, 0.717) is 5.15 Å². The number of nitrogens with zero attached hydrogens (tertiary/aromatic N) is 3. The van der Waals surface area contributed by atoms with Crippen molar-refractivity contribution in [3.8, 4) is 0 Å². The Labute approximate surface area is 120 Å². The monoisotopic (exact) mass is 283 g/mol. The standard InChI is InChI=1S/C14H22ClN3O/c1-10(2)14-16-12(15)8-13(17-14)18(3)6-7-19-9-11-4-5-11/h8,10-11H,4-7,9H2,1-3H3. The molecule has 0 bridgehead atoms. The van der Waals surface area contributed by atoms with Gasteiger partial charge in [-0.05, 0) is 18.8 Å². The Morgan fingerprint density at radius 3 is 2.79 bits per heavy atom. The molecule has 1 aliphatic carbocycles. The van der Waals surface area contributed by atoms with Crippen LogP contribution in [-0.2, 0) is 4.74 Å². The average molecular weight is 284 g/mol. The van der Waals surface area contributed by atoms with Gasteiger partial charge in [0.05, 0.1) is 6.61 Å². The number of rotatable bonds is 7. The molecule has 4 nitrogen and oxygen atoms in total. The van der Waals surface area contributed by atoms with Crippen LogP contribution in [0.15, 0.2) is 6.07 Å². The molecule has 0 N–H and O–H groups in total. The predicted molar refractivity (Wildman–Crippen MR) is 77.9 cm³/mol. The fraction of sp³-hybridized carbons (Fsp3) is 0.714. The van der Waals surface area contributed by atoms with Crippen molar-refractivity contribution >= 4 is 17.4 Å². The van der Waals surface area contributed by atoms with Crippen LogP contribution in [0.2, 0.25) is 5.15 Å². The molecule has 19 heavy (non-hydrogen) atoms. The fourth-order valence-electron chi connectivity index (χ4n) is 1.73. The van der Waals surface area contributed by atoms with Gasteiger partial charge in [0, 0.05) is 32.2 Å². The molecule has 5 heteroatoms. The Morgan fingerprint density at radius 2 is 2.16 bits per heavy atom. The van der Waals surface area contributed by atoms with Gasteiger partial charge < -0.3 is 9.64 Å². The molecule has 0 aliphatic heterocycles. The lowest BCUT2D eigenvalue weighted by molar-refractivity contribution is 0.131. The van der Waals surface area contributed by atoms with E-state index in [1.165, 1.54) is 12.8 Å². The number of hydrogen-bond donors (Lipinski definition) is 0. The molecule has 0 saturated heterocycles. The first kappa shape index (κ1) is 14.5. The van der Waals surface area contributed by atoms with E-state index >= 15 is 0 Å². The van der Waals surface area contributed by atoms with Crippen LogP contribution in [-0.4, -0.2) is 36.8 Å². The SMILES string of the molecule is CC(C)c1nc(Cl)cc(N(C)CCOCC2CC2)n1. The summed E-state index contributed by atoms with van der Waals surface area (Å²) in [4.78, 5) is 10.8. The van der Waals surface area contributed by atoms with Gasteiger partial charge in [0.1, 0.15) is 16.8 Å². The molecular weight excluding hydrogens is 262 g/mol. The molecule has 0 radical (unpaired) electrons. The summed E-state index contributed by atoms with van der Waals surface area (Å²) in [7, 11) is 2.00. The Bertz CT molecular complexity index is 421. The molecule has 0 spiro atoms. The van der Waals surface area contributed by atoms with Gasteiger partial charge in [0.15, 0.2) is 0 Å². The molecule has 0 atom stereocenters. The summed E-state index contributed by atoms with van der Waals surface area (Å²) in [5.74, 6) is 2.73. The third-order valence-corrected chi connectivity index (χ3v) is 3.42. The predicted octanol–water partition coefficient (Wildman–Crippen LogP) is 3.12. The van der Waals surface area contributed by atoms with Crippen molar-refractivity contribution in [2.75, 3.05) is 31.7 Å². The number of hydrogen-bond acceptors (Lipinski definition) is 4. The van der Waals surface area contributed by atoms with Crippen molar-refractivity contribution in [3.05, 3.63) is 17.0 Å². The second-order valence-corrected chi connectivity index (χ2v) is 5.89. The summed E-state index contributed by atoms with van der Waals surface area (Å²) in [6.07, 6.45) is 2.66. The third kappa shape index (κ3) is 4.62. The van der Waals surface area contributed by atoms with Crippen LogP contribution in [0.4, 0.5) is 5.82 Å². The highest BCUT2D eigenvalue weighted by atomic mass is 35.5. The average Bonchev–Trinajstić information content (AvgIpc) is 3.17. The molecule has 0 aromatic carbocycles. The maximum Gasteiger partial charge on any atom is 0.135 e. The van der Waals surface area contributed by atoms with Gasteiger partial charge in [0.25, 0.3) is 0 Å². The summed E-state index contributed by atoms with van der Waals surface area (Å²) in [5, 5.41) is 0.499. The summed E-state index contributed by atoms with van der Waals surface area (Å²) in [6.45, 7) is 6.57. The molecule has 1 aromatic heterocycles. The highest BCUT2D eigenvalue weighted by Crippen LogP contribution is 2.28. The van der Waals surface area contributed by atoms with E-state index in [4.69, 9.17) is 16.3 Å². The van der Waals surface area contributed by atoms with E-state index in [0.717, 1.165) is 37.3 Å². The quantitative estimate of drug-likeness (QED) is 0.569. The number of aromatic nitrogens is 2. The van der Waals surface area contributed by atoms with Gasteiger partial charge in [-0.15, -0.1) is 0 Å². The summed E-state index contributed by atoms with van der Waals surface area (Å²) in [6, 6.07) is 1.80. The molecular formula is C14H22ClN3O. The number of likely N-dealkylation sites (N-methyl/N-ethyl adjacent to an activating group) is 1. The van der Waals surface area contributed by atoms with Crippen LogP contribution >= 0.6 is 11.6 Å². The van der Waals surface area contributed by atoms with Gasteiger partial charge in [-0.3, -0.25) is 0 Å². The van der Waals surface area contributed by atoms with Crippen LogP contribution in [0.1, 0.15) is 38.4 Å². The molecule has 1 heterocycles. The van der Waals surface area contributed by atoms with E-state index in [1.54, 1.807) is 6.07 Å². The van der Waals surface area contributed by atoms with Gasteiger partial charge in [-0.2, -0.15) is 0 Å². The van der Waals surface area contributed by atoms with Crippen LogP contribution in [0.5, 0.6) is 0 Å². The van der Waals surface area contributed by atoms with Gasteiger partial charge in [-0.1, -0.05) is 25.4 Å². The second kappa shape index (κ2) is 6.53. The highest BCUT2D eigenvalue weighted by Gasteiger charge is 2.21. The fourth-order valence-corrected chi connectivity index (χ4v) is 1.91. The number of ether oxygens (including phenoxy) is 1. The largest absolute Gasteiger partial charge is 0.379 e. The van der Waals surface area contributed by atoms with Crippen molar-refractivity contribution in [1.82, 2.24) is 9.97 Å². The first-order valence-corrected chi connectivity index (χ1v) is 7.27. The lowest BCUT2D eigenvalue weighted by Gasteiger charge is -2.19. The normalized spacial score (nSPS) is 15.0. The lowest BCUT2D eigenvalue weighted by atomic mass is 10.2. The molecule has 0 unspecified atom stereocenters. The minimum absolute atomic E-state index is 0.275. The van der Waals surface area contributed by atoms with Crippen molar-refractivity contribution in [3.63, 3.8) is 0 Å². The minimum atomic E-state index is 0.275. The number of anilines is 1. The molecule has 1 aliphatic rings. The highest BCUT2D eigenvalue weighted by molar-refractivity contribution is 6.29. The first-order chi connectivity index (χ1) is 9.06. The van der Waals surface area contributed by atoms with Crippen molar-refractivity contribution < 1.29 is 4.74 Å². The maximum absolute atomic E-state index is 6.04. The molecule has 2 rings (SSSR count). The minimum Gasteiger partial charge on any atom is -0.379 e. The Balaban J connectivity index is 1.87. The summed E-state index contributed by atoms with van der Waals surface area (Å²) < 4.78 is 5.64. The van der Waals surface area contributed by atoms with Crippen LogP contribution in [0, 0.1) is 5.92 Å². The van der Waals surface area contributed by atoms with Crippen molar-refractivity contribution in [2.24, 2.45) is 5.92 Å². The third-order valence-electron chi connectivity index (χ3n) is 3.23. The van der Waals surface area contributed by atoms with E-state index in [1.807, 2.05) is 7.05 Å². The zero-order chi connectivity index (χ0) is 13.8. The molecule has 0 amide bonds. The number of halogens is 1. The van der Waals surface area contributed by atoms with Gasteiger partial charge in [0.2, 0.25) is 0 Å². The van der Waals surface area contributed by atoms with Crippen LogP contribution in [0.3, 0.4) is 0 Å². The topological polar surface area (TPSA) is 38.2 Å². The molecule has 1 aromatic rings. The van der Waals surface area contributed by atoms with Crippen molar-refractivity contribution in [1.29, 1.82) is 0 Å². The van der Waals surface area contributed by atoms with E-state index in [-0.39, 0.29) is 5.92 Å². The van der Waals surface area contributed by atoms with E-state index in [9.17, 15) is 0 Å². The molecule has 1 fully saturated rings. The smallest absolute Gasteiger partial charge is 0.135 e. The molecule has 106 valence electrons. The summed E-state index contributed by atoms with van der Waals surface area (Å²) >= 11 is 6.04. The maximum atomic E-state index is 6.04. The van der Waals surface area contributed by atoms with E-state index < -0.39 is 0 Å². The van der Waals surface area contributed by atoms with Gasteiger partial charge >= 0.3 is 0 Å². The zero-order valence-corrected chi connectivity index (χ0v) is 12.7. The Hall–Kier alpha value is -0.870. The van der Waals surface area contributed by atoms with Crippen LogP contribution < -0.4 is 4.90 Å². The van der Waals surface area contributed by atoms with E-state index in [2.05, 4.69) is 28.7 Å². The van der Waals surface area contributed by atoms with Crippen LogP contribution in [0.25, 0.3) is 0 Å². The Morgan fingerprint density at radius 1 is 1.42 bits per heavy atom. The first-order valence-electron chi connectivity index (χ1n) is 6.89. The lowest BCUT2D eigenvalue weighted by Crippen LogP contribution is -2.24. The second-order valence-electron chi connectivity index (χ2n) is 5.50. The van der Waals surface area contributed by atoms with Crippen molar-refractivity contribution in [2.45, 2.75) is 32.6 Å². The van der Waals surface area contributed by atoms with Gasteiger partial charge in [-0.25, -0.2) is 9.97 Å². The Kier molecular flexibility index (Phi) is 4.99. The molecule has 1 saturated carbocycles. The zero-order valence-electron chi connectivity index (χ0n) is 11.9.